The lowest BCUT2D eigenvalue weighted by Gasteiger charge is -2.54. The zero-order valence-corrected chi connectivity index (χ0v) is 17.5. The number of alkyl halides is 3. The Hall–Kier alpha value is -3.48. The van der Waals surface area contributed by atoms with Crippen LogP contribution in [0.25, 0.3) is 0 Å². The van der Waals surface area contributed by atoms with Crippen LogP contribution in [0, 0.1) is 17.2 Å². The zero-order chi connectivity index (χ0) is 23.2. The molecule has 0 radical (unpaired) electrons. The molecule has 4 rings (SSSR count). The number of amides is 1. The van der Waals surface area contributed by atoms with E-state index in [4.69, 9.17) is 4.74 Å². The van der Waals surface area contributed by atoms with Crippen molar-refractivity contribution in [1.29, 1.82) is 5.26 Å². The van der Waals surface area contributed by atoms with Crippen LogP contribution in [-0.2, 0) is 0 Å². The van der Waals surface area contributed by atoms with Crippen LogP contribution in [0.2, 0.25) is 0 Å². The summed E-state index contributed by atoms with van der Waals surface area (Å²) in [6, 6.07) is 9.82. The van der Waals surface area contributed by atoms with Crippen molar-refractivity contribution in [3.05, 3.63) is 63.6 Å². The maximum absolute atomic E-state index is 13.5. The van der Waals surface area contributed by atoms with Gasteiger partial charge in [0.15, 0.2) is 11.4 Å². The molecule has 1 aromatic heterocycles. The van der Waals surface area contributed by atoms with Gasteiger partial charge in [0.1, 0.15) is 17.8 Å². The van der Waals surface area contributed by atoms with E-state index in [1.807, 2.05) is 0 Å². The fourth-order valence-electron chi connectivity index (χ4n) is 4.82. The van der Waals surface area contributed by atoms with Crippen LogP contribution in [0.4, 0.5) is 13.2 Å². The van der Waals surface area contributed by atoms with Gasteiger partial charge in [-0.05, 0) is 24.3 Å². The molecule has 10 heteroatoms. The molecule has 0 unspecified atom stereocenters. The maximum Gasteiger partial charge on any atom is 0.389 e. The van der Waals surface area contributed by atoms with Gasteiger partial charge in [-0.3, -0.25) is 19.3 Å². The Morgan fingerprint density at radius 3 is 2.47 bits per heavy atom. The van der Waals surface area contributed by atoms with Crippen LogP contribution in [0.5, 0.6) is 5.75 Å². The molecule has 2 aliphatic heterocycles. The minimum atomic E-state index is -4.37. The van der Waals surface area contributed by atoms with Crippen LogP contribution in [-0.4, -0.2) is 42.0 Å². The molecule has 3 atom stereocenters. The minimum Gasteiger partial charge on any atom is -0.491 e. The van der Waals surface area contributed by atoms with Crippen LogP contribution in [0.3, 0.4) is 0 Å². The molecule has 1 fully saturated rings. The van der Waals surface area contributed by atoms with Gasteiger partial charge in [-0.25, -0.2) is 0 Å². The lowest BCUT2D eigenvalue weighted by atomic mass is 9.81. The SMILES string of the molecule is COc1c2n(cc(C#N)c1=O)N1[C@H](c3ccccc3)[C@@H](CC(F)(F)F)CC[C@H]1N(C)C2=O. The minimum absolute atomic E-state index is 0.108. The Morgan fingerprint density at radius 1 is 1.19 bits per heavy atom. The number of carbonyl (C=O) groups is 1. The molecular weight excluding hydrogens is 425 g/mol. The van der Waals surface area contributed by atoms with Crippen LogP contribution >= 0.6 is 0 Å². The predicted molar refractivity (Wildman–Crippen MR) is 109 cm³/mol. The van der Waals surface area contributed by atoms with Crippen molar-refractivity contribution in [3.63, 3.8) is 0 Å². The molecule has 0 bridgehead atoms. The molecule has 0 spiro atoms. The normalized spacial score (nSPS) is 22.8. The van der Waals surface area contributed by atoms with E-state index in [-0.39, 0.29) is 23.4 Å². The van der Waals surface area contributed by atoms with Crippen LogP contribution in [0.15, 0.2) is 41.3 Å². The molecule has 168 valence electrons. The Bertz CT molecular complexity index is 1140. The first kappa shape index (κ1) is 21.7. The number of halogens is 3. The molecule has 0 N–H and O–H groups in total. The van der Waals surface area contributed by atoms with Crippen molar-refractivity contribution in [3.8, 4) is 11.8 Å². The first-order chi connectivity index (χ1) is 15.2. The van der Waals surface area contributed by atoms with Crippen molar-refractivity contribution < 1.29 is 22.7 Å². The van der Waals surface area contributed by atoms with Crippen LogP contribution < -0.4 is 15.2 Å². The largest absolute Gasteiger partial charge is 0.491 e. The third-order valence-corrected chi connectivity index (χ3v) is 6.16. The third kappa shape index (κ3) is 3.47. The van der Waals surface area contributed by atoms with E-state index in [0.717, 1.165) is 0 Å². The molecule has 7 nitrogen and oxygen atoms in total. The highest BCUT2D eigenvalue weighted by Crippen LogP contribution is 2.45. The fraction of sp³-hybridized carbons (Fsp3) is 0.409. The first-order valence-electron chi connectivity index (χ1n) is 10.1. The standard InChI is InChI=1S/C22H21F3N4O3/c1-27-16-9-8-14(10-22(23,24)25)17(13-6-4-3-5-7-13)29(16)28-12-15(11-26)19(30)20(32-2)18(28)21(27)31/h3-7,12,14,16-17H,8-10H2,1-2H3/t14-,16+,17-/m1/s1. The molecule has 1 saturated heterocycles. The zero-order valence-electron chi connectivity index (χ0n) is 17.5. The number of benzene rings is 1. The Balaban J connectivity index is 1.98. The van der Waals surface area contributed by atoms with E-state index in [0.29, 0.717) is 12.0 Å². The van der Waals surface area contributed by atoms with Gasteiger partial charge >= 0.3 is 6.18 Å². The summed E-state index contributed by atoms with van der Waals surface area (Å²) in [5, 5.41) is 11.1. The summed E-state index contributed by atoms with van der Waals surface area (Å²) in [4.78, 5) is 27.2. The van der Waals surface area contributed by atoms with Gasteiger partial charge in [0, 0.05) is 19.7 Å². The lowest BCUT2D eigenvalue weighted by Crippen LogP contribution is -2.64. The van der Waals surface area contributed by atoms with E-state index >= 15 is 0 Å². The van der Waals surface area contributed by atoms with Gasteiger partial charge in [0.25, 0.3) is 5.91 Å². The first-order valence-corrected chi connectivity index (χ1v) is 10.1. The molecule has 0 aliphatic carbocycles. The van der Waals surface area contributed by atoms with Gasteiger partial charge in [0.05, 0.1) is 13.2 Å². The monoisotopic (exact) mass is 446 g/mol. The second kappa shape index (κ2) is 7.89. The fourth-order valence-corrected chi connectivity index (χ4v) is 4.82. The van der Waals surface area contributed by atoms with Gasteiger partial charge < -0.3 is 9.64 Å². The van der Waals surface area contributed by atoms with E-state index in [1.165, 1.54) is 22.9 Å². The molecule has 3 heterocycles. The summed E-state index contributed by atoms with van der Waals surface area (Å²) >= 11 is 0. The summed E-state index contributed by atoms with van der Waals surface area (Å²) in [6.45, 7) is 0. The molecule has 0 saturated carbocycles. The number of rotatable bonds is 3. The Kier molecular flexibility index (Phi) is 5.36. The average Bonchev–Trinajstić information content (AvgIpc) is 2.76. The summed E-state index contributed by atoms with van der Waals surface area (Å²) in [7, 11) is 2.77. The van der Waals surface area contributed by atoms with Gasteiger partial charge in [0.2, 0.25) is 5.43 Å². The number of aromatic nitrogens is 1. The van der Waals surface area contributed by atoms with Crippen molar-refractivity contribution >= 4 is 5.91 Å². The van der Waals surface area contributed by atoms with Crippen molar-refractivity contribution in [1.82, 2.24) is 9.58 Å². The van der Waals surface area contributed by atoms with E-state index in [9.17, 15) is 28.0 Å². The Labute approximate surface area is 182 Å². The third-order valence-electron chi connectivity index (χ3n) is 6.16. The lowest BCUT2D eigenvalue weighted by molar-refractivity contribution is -0.149. The van der Waals surface area contributed by atoms with Crippen molar-refractivity contribution in [2.24, 2.45) is 5.92 Å². The predicted octanol–water partition coefficient (Wildman–Crippen LogP) is 3.18. The maximum atomic E-state index is 13.5. The Morgan fingerprint density at radius 2 is 1.88 bits per heavy atom. The summed E-state index contributed by atoms with van der Waals surface area (Å²) in [5.74, 6) is -1.59. The van der Waals surface area contributed by atoms with Gasteiger partial charge in [-0.1, -0.05) is 30.3 Å². The number of nitrogens with zero attached hydrogens (tertiary/aromatic N) is 4. The number of pyridine rings is 1. The summed E-state index contributed by atoms with van der Waals surface area (Å²) < 4.78 is 47.0. The second-order valence-electron chi connectivity index (χ2n) is 8.00. The van der Waals surface area contributed by atoms with Gasteiger partial charge in [-0.15, -0.1) is 0 Å². The highest BCUT2D eigenvalue weighted by molar-refractivity contribution is 5.96. The number of hydrogen-bond donors (Lipinski definition) is 0. The van der Waals surface area contributed by atoms with Crippen molar-refractivity contribution in [2.75, 3.05) is 19.2 Å². The summed E-state index contributed by atoms with van der Waals surface area (Å²) in [5.41, 5.74) is -0.451. The number of ether oxygens (including phenoxy) is 1. The van der Waals surface area contributed by atoms with E-state index < -0.39 is 42.1 Å². The molecule has 1 amide bonds. The number of nitriles is 1. The van der Waals surface area contributed by atoms with Crippen molar-refractivity contribution in [2.45, 2.75) is 37.6 Å². The highest BCUT2D eigenvalue weighted by Gasteiger charge is 2.49. The molecule has 2 aliphatic rings. The van der Waals surface area contributed by atoms with Gasteiger partial charge in [-0.2, -0.15) is 18.4 Å². The number of hydrogen-bond acceptors (Lipinski definition) is 5. The number of fused-ring (bicyclic) bond motifs is 3. The average molecular weight is 446 g/mol. The number of piperidine rings is 1. The van der Waals surface area contributed by atoms with E-state index in [2.05, 4.69) is 0 Å². The molecule has 32 heavy (non-hydrogen) atoms. The molecular formula is C22H21F3N4O3. The smallest absolute Gasteiger partial charge is 0.389 e. The molecule has 2 aromatic rings. The number of carbonyl (C=O) groups excluding carboxylic acids is 1. The topological polar surface area (TPSA) is 78.6 Å². The van der Waals surface area contributed by atoms with E-state index in [1.54, 1.807) is 48.5 Å². The number of methoxy groups -OCH3 is 1. The summed E-state index contributed by atoms with van der Waals surface area (Å²) in [6.07, 6.45) is -4.12. The highest BCUT2D eigenvalue weighted by atomic mass is 19.4. The quantitative estimate of drug-likeness (QED) is 0.724. The second-order valence-corrected chi connectivity index (χ2v) is 8.00. The molecule has 1 aromatic carbocycles. The van der Waals surface area contributed by atoms with Crippen LogP contribution in [0.1, 0.15) is 46.9 Å².